The lowest BCUT2D eigenvalue weighted by Crippen LogP contribution is -2.67. The van der Waals surface area contributed by atoms with Gasteiger partial charge < -0.3 is 12.3 Å². The molecule has 0 bridgehead atoms. The van der Waals surface area contributed by atoms with Gasteiger partial charge in [0.2, 0.25) is 0 Å². The lowest BCUT2D eigenvalue weighted by molar-refractivity contribution is 0.273. The third-order valence-electron chi connectivity index (χ3n) is 2.80. The normalized spacial score (nSPS) is 13.9. The molecule has 0 spiro atoms. The summed E-state index contributed by atoms with van der Waals surface area (Å²) in [6.45, 7) is 23.7. The zero-order chi connectivity index (χ0) is 18.8. The molecule has 0 aliphatic rings. The van der Waals surface area contributed by atoms with Gasteiger partial charge in [0, 0.05) is 5.19 Å². The molecule has 0 radical (unpaired) electrons. The molecule has 0 amide bonds. The van der Waals surface area contributed by atoms with Crippen molar-refractivity contribution in [1.82, 2.24) is 0 Å². The van der Waals surface area contributed by atoms with Gasteiger partial charge in [-0.15, -0.1) is 0 Å². The monoisotopic (exact) mass is 398 g/mol. The predicted octanol–water partition coefficient (Wildman–Crippen LogP) is 5.03. The van der Waals surface area contributed by atoms with Gasteiger partial charge in [0.05, 0.1) is 0 Å². The lowest BCUT2D eigenvalue weighted by Gasteiger charge is -2.42. The molecule has 0 saturated heterocycles. The van der Waals surface area contributed by atoms with Crippen molar-refractivity contribution in [2.45, 2.75) is 58.9 Å². The highest BCUT2D eigenvalue weighted by molar-refractivity contribution is 6.95. The van der Waals surface area contributed by atoms with Crippen molar-refractivity contribution < 1.29 is 12.3 Å². The summed E-state index contributed by atoms with van der Waals surface area (Å²) >= 11 is 0. The van der Waals surface area contributed by atoms with E-state index in [0.717, 1.165) is 10.8 Å². The van der Waals surface area contributed by atoms with E-state index in [4.69, 9.17) is 12.3 Å². The van der Waals surface area contributed by atoms with E-state index >= 15 is 0 Å². The second kappa shape index (κ2) is 7.53. The summed E-state index contributed by atoms with van der Waals surface area (Å²) in [6, 6.07) is 8.31. The van der Waals surface area contributed by atoms with Crippen LogP contribution in [0.3, 0.4) is 0 Å². The second-order valence-electron chi connectivity index (χ2n) is 9.03. The van der Waals surface area contributed by atoms with Crippen LogP contribution in [0.2, 0.25) is 58.9 Å². The Morgan fingerprint density at radius 1 is 0.750 bits per heavy atom. The highest BCUT2D eigenvalue weighted by atomic mass is 28.5. The fraction of sp³-hybridized carbons (Fsp3) is 0.529. The molecule has 0 unspecified atom stereocenters. The van der Waals surface area contributed by atoms with Gasteiger partial charge in [0.25, 0.3) is 0 Å². The molecule has 7 heteroatoms. The van der Waals surface area contributed by atoms with Crippen molar-refractivity contribution in [2.24, 2.45) is 0 Å². The summed E-state index contributed by atoms with van der Waals surface area (Å²) in [5, 5.41) is 1.06. The maximum atomic E-state index is 6.73. The number of hydrogen-bond acceptors (Lipinski definition) is 3. The summed E-state index contributed by atoms with van der Waals surface area (Å²) in [6.07, 6.45) is 1.86. The smallest absolute Gasteiger partial charge is 0.414 e. The minimum absolute atomic E-state index is 1.06. The summed E-state index contributed by atoms with van der Waals surface area (Å²) in [4.78, 5) is 0. The highest BCUT2D eigenvalue weighted by Crippen LogP contribution is 2.26. The Hall–Kier alpha value is -0.292. The fourth-order valence-corrected chi connectivity index (χ4v) is 15.7. The molecule has 0 aromatic heterocycles. The Bertz CT molecular complexity index is 528. The Balaban J connectivity index is 3.56. The molecule has 0 aliphatic heterocycles. The maximum absolute atomic E-state index is 6.73. The van der Waals surface area contributed by atoms with Crippen molar-refractivity contribution in [3.8, 4) is 0 Å². The first kappa shape index (κ1) is 21.7. The summed E-state index contributed by atoms with van der Waals surface area (Å²) in [5.74, 6) is 0. The van der Waals surface area contributed by atoms with Crippen LogP contribution in [0.4, 0.5) is 0 Å². The van der Waals surface area contributed by atoms with Gasteiger partial charge in [-0.3, -0.25) is 0 Å². The molecule has 3 nitrogen and oxygen atoms in total. The van der Waals surface area contributed by atoms with Crippen LogP contribution in [0.1, 0.15) is 5.56 Å². The van der Waals surface area contributed by atoms with Crippen molar-refractivity contribution >= 4 is 45.0 Å². The van der Waals surface area contributed by atoms with Gasteiger partial charge in [-0.1, -0.05) is 30.9 Å². The van der Waals surface area contributed by atoms with Crippen LogP contribution in [-0.4, -0.2) is 33.8 Å². The number of benzene rings is 1. The fourth-order valence-electron chi connectivity index (χ4n) is 2.30. The van der Waals surface area contributed by atoms with Crippen LogP contribution >= 0.6 is 0 Å². The Kier molecular flexibility index (Phi) is 6.82. The van der Waals surface area contributed by atoms with Gasteiger partial charge in [-0.05, 0) is 70.6 Å². The van der Waals surface area contributed by atoms with E-state index in [9.17, 15) is 0 Å². The Morgan fingerprint density at radius 3 is 1.50 bits per heavy atom. The van der Waals surface area contributed by atoms with E-state index in [0.29, 0.717) is 0 Å². The molecule has 0 heterocycles. The highest BCUT2D eigenvalue weighted by Gasteiger charge is 2.51. The molecular formula is C17H34O3Si4. The van der Waals surface area contributed by atoms with Crippen molar-refractivity contribution in [2.75, 3.05) is 0 Å². The molecule has 24 heavy (non-hydrogen) atoms. The predicted molar refractivity (Wildman–Crippen MR) is 115 cm³/mol. The van der Waals surface area contributed by atoms with E-state index in [2.05, 4.69) is 77.6 Å². The molecule has 0 saturated carbocycles. The van der Waals surface area contributed by atoms with Crippen molar-refractivity contribution in [3.05, 3.63) is 36.4 Å². The van der Waals surface area contributed by atoms with Crippen LogP contribution in [0.15, 0.2) is 30.8 Å². The second-order valence-corrected chi connectivity index (χ2v) is 25.8. The van der Waals surface area contributed by atoms with E-state index in [1.165, 1.54) is 0 Å². The molecule has 1 rings (SSSR count). The van der Waals surface area contributed by atoms with Crippen LogP contribution in [0, 0.1) is 0 Å². The first-order chi connectivity index (χ1) is 10.7. The first-order valence-corrected chi connectivity index (χ1v) is 20.4. The average Bonchev–Trinajstić information content (AvgIpc) is 2.32. The van der Waals surface area contributed by atoms with Crippen LogP contribution in [0.5, 0.6) is 0 Å². The third kappa shape index (κ3) is 7.30. The lowest BCUT2D eigenvalue weighted by atomic mass is 10.2. The third-order valence-corrected chi connectivity index (χ3v) is 14.4. The summed E-state index contributed by atoms with van der Waals surface area (Å²) < 4.78 is 20.2. The topological polar surface area (TPSA) is 27.7 Å². The molecule has 0 N–H and O–H groups in total. The zero-order valence-corrected chi connectivity index (χ0v) is 20.8. The van der Waals surface area contributed by atoms with Gasteiger partial charge in [-0.2, -0.15) is 0 Å². The van der Waals surface area contributed by atoms with E-state index in [-0.39, 0.29) is 0 Å². The summed E-state index contributed by atoms with van der Waals surface area (Å²) in [5.41, 5.74) is 1.07. The van der Waals surface area contributed by atoms with Gasteiger partial charge in [0.1, 0.15) is 0 Å². The van der Waals surface area contributed by atoms with E-state index in [1.807, 2.05) is 18.2 Å². The van der Waals surface area contributed by atoms with Crippen molar-refractivity contribution in [1.29, 1.82) is 0 Å². The number of rotatable bonds is 8. The van der Waals surface area contributed by atoms with Crippen molar-refractivity contribution in [3.63, 3.8) is 0 Å². The minimum atomic E-state index is -2.99. The SMILES string of the molecule is C=Cc1cccc([Si](O[Si](C)(C)C)(O[Si](C)(C)C)O[Si](C)(C)C)c1. The quantitative estimate of drug-likeness (QED) is 0.575. The van der Waals surface area contributed by atoms with Crippen LogP contribution in [0.25, 0.3) is 6.08 Å². The maximum Gasteiger partial charge on any atom is 0.505 e. The molecule has 0 atom stereocenters. The standard InChI is InChI=1S/C17H34O3Si4/c1-11-16-13-12-14-17(15-16)24(18-21(2,3)4,19-22(5,6)7)20-23(8,9)10/h11-15H,1H2,2-10H3. The Morgan fingerprint density at radius 2 is 1.17 bits per heavy atom. The van der Waals surface area contributed by atoms with E-state index < -0.39 is 33.8 Å². The van der Waals surface area contributed by atoms with Crippen LogP contribution < -0.4 is 5.19 Å². The number of hydrogen-bond donors (Lipinski definition) is 0. The van der Waals surface area contributed by atoms with E-state index in [1.54, 1.807) is 0 Å². The molecular weight excluding hydrogens is 365 g/mol. The largest absolute Gasteiger partial charge is 0.505 e. The first-order valence-electron chi connectivity index (χ1n) is 8.49. The van der Waals surface area contributed by atoms with Gasteiger partial charge in [0.15, 0.2) is 25.0 Å². The molecule has 0 fully saturated rings. The molecule has 1 aromatic rings. The van der Waals surface area contributed by atoms with Crippen LogP contribution in [-0.2, 0) is 12.3 Å². The summed E-state index contributed by atoms with van der Waals surface area (Å²) in [7, 11) is -8.60. The zero-order valence-electron chi connectivity index (χ0n) is 16.8. The average molecular weight is 399 g/mol. The van der Waals surface area contributed by atoms with Gasteiger partial charge in [-0.25, -0.2) is 0 Å². The minimum Gasteiger partial charge on any atom is -0.414 e. The van der Waals surface area contributed by atoms with Gasteiger partial charge >= 0.3 is 8.80 Å². The molecule has 136 valence electrons. The molecule has 1 aromatic carbocycles. The Labute approximate surface area is 152 Å². The molecule has 0 aliphatic carbocycles.